The third-order valence-corrected chi connectivity index (χ3v) is 10.1. The van der Waals surface area contributed by atoms with Gasteiger partial charge in [0.2, 0.25) is 5.95 Å². The third-order valence-electron chi connectivity index (χ3n) is 10.1. The largest absolute Gasteiger partial charge is 0.309 e. The van der Waals surface area contributed by atoms with E-state index in [-0.39, 0.29) is 0 Å². The lowest BCUT2D eigenvalue weighted by Gasteiger charge is -2.12. The summed E-state index contributed by atoms with van der Waals surface area (Å²) in [4.78, 5) is 15.3. The molecule has 0 spiro atoms. The van der Waals surface area contributed by atoms with E-state index in [1.54, 1.807) is 0 Å². The predicted molar refractivity (Wildman–Crippen MR) is 215 cm³/mol. The Bertz CT molecular complexity index is 2830. The minimum Gasteiger partial charge on any atom is -0.309 e. The van der Waals surface area contributed by atoms with Gasteiger partial charge < -0.3 is 4.57 Å². The van der Waals surface area contributed by atoms with Crippen molar-refractivity contribution in [2.75, 3.05) is 0 Å². The van der Waals surface area contributed by atoms with Crippen molar-refractivity contribution in [1.29, 1.82) is 0 Å². The van der Waals surface area contributed by atoms with Crippen molar-refractivity contribution in [2.24, 2.45) is 0 Å². The molecule has 0 aliphatic heterocycles. The van der Waals surface area contributed by atoms with Gasteiger partial charge in [0.1, 0.15) is 0 Å². The molecule has 0 atom stereocenters. The molecular weight excluding hydrogens is 635 g/mol. The highest BCUT2D eigenvalue weighted by Gasteiger charge is 2.22. The Morgan fingerprint density at radius 1 is 0.481 bits per heavy atom. The van der Waals surface area contributed by atoms with Gasteiger partial charge >= 0.3 is 0 Å². The summed E-state index contributed by atoms with van der Waals surface area (Å²) in [5.74, 6) is 1.90. The van der Waals surface area contributed by atoms with Crippen LogP contribution in [0.1, 0.15) is 23.5 Å². The van der Waals surface area contributed by atoms with Gasteiger partial charge in [-0.15, -0.1) is 0 Å². The van der Waals surface area contributed by atoms with Crippen molar-refractivity contribution in [1.82, 2.24) is 24.1 Å². The van der Waals surface area contributed by atoms with Crippen LogP contribution >= 0.6 is 0 Å². The molecule has 3 aromatic heterocycles. The zero-order valence-corrected chi connectivity index (χ0v) is 28.4. The molecule has 0 saturated carbocycles. The Labute approximate surface area is 301 Å². The topological polar surface area (TPSA) is 48.5 Å². The van der Waals surface area contributed by atoms with E-state index in [4.69, 9.17) is 15.0 Å². The number of hydrogen-bond acceptors (Lipinski definition) is 3. The van der Waals surface area contributed by atoms with E-state index in [0.717, 1.165) is 40.9 Å². The minimum atomic E-state index is 0.604. The molecule has 0 radical (unpaired) electrons. The lowest BCUT2D eigenvalue weighted by atomic mass is 9.99. The SMILES string of the molecule is C1=CCC=CC(c2nc(-c3ccccc3)nc(-n3c4c(c5cc(-c6ccc7c(c6)c6ccccc6n7-c6ccccc6)ccc53)CC=CC=C4)n2)=C1. The van der Waals surface area contributed by atoms with Crippen LogP contribution in [-0.2, 0) is 6.42 Å². The monoisotopic (exact) mass is 667 g/mol. The van der Waals surface area contributed by atoms with Crippen LogP contribution < -0.4 is 0 Å². The van der Waals surface area contributed by atoms with Crippen molar-refractivity contribution in [3.63, 3.8) is 0 Å². The van der Waals surface area contributed by atoms with Crippen molar-refractivity contribution in [3.8, 4) is 34.2 Å². The van der Waals surface area contributed by atoms with Gasteiger partial charge in [-0.3, -0.25) is 4.57 Å². The molecule has 3 heterocycles. The molecule has 0 saturated heterocycles. The van der Waals surface area contributed by atoms with Crippen LogP contribution in [0.25, 0.3) is 78.5 Å². The van der Waals surface area contributed by atoms with E-state index >= 15 is 0 Å². The van der Waals surface area contributed by atoms with Gasteiger partial charge in [0.05, 0.1) is 22.2 Å². The first-order valence-electron chi connectivity index (χ1n) is 17.8. The summed E-state index contributed by atoms with van der Waals surface area (Å²) in [7, 11) is 0. The summed E-state index contributed by atoms with van der Waals surface area (Å²) in [5, 5.41) is 3.67. The standard InChI is InChI=1S/C47H33N5/c1-2-7-17-32(16-6-1)45-48-46(33-18-8-3-9-19-33)50-47(49-45)52-42-24-13-5-12-22-38(42)40-31-35(27-29-44(40)52)34-26-28-43-39(30-34)37-23-14-15-25-41(37)51(43)36-20-10-4-11-21-36/h1,3-21,23-31H,2,22H2. The maximum atomic E-state index is 5.16. The predicted octanol–water partition coefficient (Wildman–Crippen LogP) is 11.3. The molecule has 5 nitrogen and oxygen atoms in total. The Kier molecular flexibility index (Phi) is 7.21. The molecule has 8 aromatic rings. The summed E-state index contributed by atoms with van der Waals surface area (Å²) in [5.41, 5.74) is 11.2. The van der Waals surface area contributed by atoms with E-state index in [0.29, 0.717) is 17.6 Å². The van der Waals surface area contributed by atoms with Crippen LogP contribution in [0, 0.1) is 0 Å². The fourth-order valence-corrected chi connectivity index (χ4v) is 7.62. The first-order valence-corrected chi connectivity index (χ1v) is 17.8. The minimum absolute atomic E-state index is 0.604. The van der Waals surface area contributed by atoms with Crippen molar-refractivity contribution in [2.45, 2.75) is 12.8 Å². The zero-order chi connectivity index (χ0) is 34.4. The van der Waals surface area contributed by atoms with E-state index in [1.165, 1.54) is 43.9 Å². The lowest BCUT2D eigenvalue weighted by Crippen LogP contribution is -2.09. The van der Waals surface area contributed by atoms with E-state index < -0.39 is 0 Å². The van der Waals surface area contributed by atoms with Gasteiger partial charge in [-0.2, -0.15) is 9.97 Å². The van der Waals surface area contributed by atoms with Gasteiger partial charge in [0.15, 0.2) is 11.6 Å². The molecule has 0 unspecified atom stereocenters. The maximum Gasteiger partial charge on any atom is 0.238 e. The van der Waals surface area contributed by atoms with Crippen molar-refractivity contribution < 1.29 is 0 Å². The first-order chi connectivity index (χ1) is 25.8. The Hall–Kier alpha value is -6.85. The normalized spacial score (nSPS) is 13.8. The molecular formula is C47H33N5. The number of hydrogen-bond donors (Lipinski definition) is 0. The van der Waals surface area contributed by atoms with E-state index in [1.807, 2.05) is 18.2 Å². The molecule has 0 bridgehead atoms. The lowest BCUT2D eigenvalue weighted by molar-refractivity contribution is 0.905. The molecule has 0 amide bonds. The molecule has 5 heteroatoms. The quantitative estimate of drug-likeness (QED) is 0.184. The molecule has 0 N–H and O–H groups in total. The number of allylic oxidation sites excluding steroid dienone is 9. The number of fused-ring (bicyclic) bond motifs is 6. The zero-order valence-electron chi connectivity index (χ0n) is 28.4. The number of aromatic nitrogens is 5. The Morgan fingerprint density at radius 2 is 1.19 bits per heavy atom. The van der Waals surface area contributed by atoms with Gasteiger partial charge in [0.25, 0.3) is 0 Å². The van der Waals surface area contributed by atoms with Crippen molar-refractivity contribution in [3.05, 3.63) is 187 Å². The van der Waals surface area contributed by atoms with Crippen LogP contribution in [0.4, 0.5) is 0 Å². The Morgan fingerprint density at radius 3 is 2.04 bits per heavy atom. The van der Waals surface area contributed by atoms with Crippen LogP contribution in [-0.4, -0.2) is 24.1 Å². The highest BCUT2D eigenvalue weighted by molar-refractivity contribution is 6.10. The highest BCUT2D eigenvalue weighted by Crippen LogP contribution is 2.38. The maximum absolute atomic E-state index is 5.16. The summed E-state index contributed by atoms with van der Waals surface area (Å²) in [6, 6.07) is 43.1. The second-order valence-corrected chi connectivity index (χ2v) is 13.2. The summed E-state index contributed by atoms with van der Waals surface area (Å²) in [6.45, 7) is 0. The van der Waals surface area contributed by atoms with E-state index in [2.05, 4.69) is 167 Å². The molecule has 2 aliphatic carbocycles. The van der Waals surface area contributed by atoms with Crippen LogP contribution in [0.5, 0.6) is 0 Å². The number of para-hydroxylation sites is 2. The fourth-order valence-electron chi connectivity index (χ4n) is 7.62. The molecule has 10 rings (SSSR count). The first kappa shape index (κ1) is 30.0. The summed E-state index contributed by atoms with van der Waals surface area (Å²) in [6.07, 6.45) is 20.9. The van der Waals surface area contributed by atoms with Gasteiger partial charge in [-0.05, 0) is 78.1 Å². The van der Waals surface area contributed by atoms with Gasteiger partial charge in [-0.25, -0.2) is 4.98 Å². The second-order valence-electron chi connectivity index (χ2n) is 13.2. The van der Waals surface area contributed by atoms with Crippen LogP contribution in [0.2, 0.25) is 0 Å². The molecule has 246 valence electrons. The van der Waals surface area contributed by atoms with Crippen LogP contribution in [0.3, 0.4) is 0 Å². The average molecular weight is 668 g/mol. The van der Waals surface area contributed by atoms with Crippen LogP contribution in [0.15, 0.2) is 170 Å². The molecule has 5 aromatic carbocycles. The smallest absolute Gasteiger partial charge is 0.238 e. The van der Waals surface area contributed by atoms with Crippen molar-refractivity contribution >= 4 is 44.4 Å². The molecule has 52 heavy (non-hydrogen) atoms. The second kappa shape index (κ2) is 12.5. The van der Waals surface area contributed by atoms with Gasteiger partial charge in [0, 0.05) is 33.0 Å². The molecule has 0 fully saturated rings. The summed E-state index contributed by atoms with van der Waals surface area (Å²) >= 11 is 0. The van der Waals surface area contributed by atoms with E-state index in [9.17, 15) is 0 Å². The number of nitrogens with zero attached hydrogens (tertiary/aromatic N) is 5. The molecule has 2 aliphatic rings. The average Bonchev–Trinajstić information content (AvgIpc) is 3.39. The third kappa shape index (κ3) is 5.05. The number of benzene rings is 5. The number of rotatable bonds is 5. The Balaban J connectivity index is 1.17. The highest BCUT2D eigenvalue weighted by atomic mass is 15.2. The summed E-state index contributed by atoms with van der Waals surface area (Å²) < 4.78 is 4.57. The van der Waals surface area contributed by atoms with Gasteiger partial charge in [-0.1, -0.05) is 127 Å². The fraction of sp³-hybridized carbons (Fsp3) is 0.0426.